The lowest BCUT2D eigenvalue weighted by Gasteiger charge is -2.15. The Balaban J connectivity index is 3.19. The molecule has 0 aliphatic carbocycles. The van der Waals surface area contributed by atoms with Crippen molar-refractivity contribution in [1.29, 1.82) is 0 Å². The number of carboxylic acid groups (broad SMARTS) is 1. The fourth-order valence-corrected chi connectivity index (χ4v) is 0.960. The highest BCUT2D eigenvalue weighted by atomic mass is 19.3. The van der Waals surface area contributed by atoms with Crippen molar-refractivity contribution in [1.82, 2.24) is 0 Å². The van der Waals surface area contributed by atoms with E-state index in [0.29, 0.717) is 6.92 Å². The predicted octanol–water partition coefficient (Wildman–Crippen LogP) is 2.52. The Kier molecular flexibility index (Phi) is 2.88. The van der Waals surface area contributed by atoms with E-state index in [1.807, 2.05) is 0 Å². The van der Waals surface area contributed by atoms with E-state index < -0.39 is 29.2 Å². The number of benzene rings is 1. The van der Waals surface area contributed by atoms with Gasteiger partial charge in [-0.1, -0.05) is 6.07 Å². The van der Waals surface area contributed by atoms with Crippen LogP contribution in [-0.4, -0.2) is 17.2 Å². The van der Waals surface area contributed by atoms with Gasteiger partial charge in [0.2, 0.25) is 0 Å². The SMILES string of the molecule is CC(F)(F)Oc1c(F)cccc1C(=O)O. The van der Waals surface area contributed by atoms with E-state index in [4.69, 9.17) is 5.11 Å². The fourth-order valence-electron chi connectivity index (χ4n) is 0.960. The zero-order valence-electron chi connectivity index (χ0n) is 7.63. The van der Waals surface area contributed by atoms with Gasteiger partial charge >= 0.3 is 12.1 Å². The molecule has 3 nitrogen and oxygen atoms in total. The molecule has 0 unspecified atom stereocenters. The normalized spacial score (nSPS) is 11.2. The number of hydrogen-bond donors (Lipinski definition) is 1. The van der Waals surface area contributed by atoms with Crippen molar-refractivity contribution in [2.45, 2.75) is 13.0 Å². The molecule has 0 radical (unpaired) electrons. The average molecular weight is 220 g/mol. The number of aromatic carboxylic acids is 1. The summed E-state index contributed by atoms with van der Waals surface area (Å²) in [5, 5.41) is 8.60. The van der Waals surface area contributed by atoms with Gasteiger partial charge in [0.05, 0.1) is 0 Å². The van der Waals surface area contributed by atoms with Crippen LogP contribution in [0.15, 0.2) is 18.2 Å². The quantitative estimate of drug-likeness (QED) is 0.851. The van der Waals surface area contributed by atoms with E-state index in [1.54, 1.807) is 0 Å². The highest BCUT2D eigenvalue weighted by molar-refractivity contribution is 5.90. The van der Waals surface area contributed by atoms with Gasteiger partial charge in [0.25, 0.3) is 0 Å². The summed E-state index contributed by atoms with van der Waals surface area (Å²) < 4.78 is 41.9. The molecule has 82 valence electrons. The summed E-state index contributed by atoms with van der Waals surface area (Å²) in [7, 11) is 0. The first-order valence-electron chi connectivity index (χ1n) is 3.90. The van der Waals surface area contributed by atoms with E-state index in [9.17, 15) is 18.0 Å². The Bertz CT molecular complexity index is 385. The molecule has 0 heterocycles. The van der Waals surface area contributed by atoms with Crippen LogP contribution in [0.2, 0.25) is 0 Å². The number of rotatable bonds is 3. The second-order valence-corrected chi connectivity index (χ2v) is 2.83. The van der Waals surface area contributed by atoms with Crippen LogP contribution in [0.3, 0.4) is 0 Å². The van der Waals surface area contributed by atoms with Crippen molar-refractivity contribution < 1.29 is 27.8 Å². The van der Waals surface area contributed by atoms with E-state index in [0.717, 1.165) is 18.2 Å². The molecule has 1 aromatic carbocycles. The maximum Gasteiger partial charge on any atom is 0.395 e. The second kappa shape index (κ2) is 3.80. The second-order valence-electron chi connectivity index (χ2n) is 2.83. The fraction of sp³-hybridized carbons (Fsp3) is 0.222. The third kappa shape index (κ3) is 2.87. The summed E-state index contributed by atoms with van der Waals surface area (Å²) in [5.74, 6) is -3.64. The van der Waals surface area contributed by atoms with Crippen LogP contribution in [0.1, 0.15) is 17.3 Å². The maximum atomic E-state index is 13.0. The molecule has 0 saturated carbocycles. The topological polar surface area (TPSA) is 46.5 Å². The molecule has 0 bridgehead atoms. The van der Waals surface area contributed by atoms with Crippen molar-refractivity contribution in [2.24, 2.45) is 0 Å². The Morgan fingerprint density at radius 2 is 2.07 bits per heavy atom. The number of carbonyl (C=O) groups is 1. The molecule has 1 N–H and O–H groups in total. The zero-order chi connectivity index (χ0) is 11.6. The first-order chi connectivity index (χ1) is 6.81. The summed E-state index contributed by atoms with van der Waals surface area (Å²) in [4.78, 5) is 10.6. The first-order valence-corrected chi connectivity index (χ1v) is 3.90. The molecule has 0 aliphatic rings. The number of para-hydroxylation sites is 1. The zero-order valence-corrected chi connectivity index (χ0v) is 7.63. The van der Waals surface area contributed by atoms with Gasteiger partial charge in [-0.05, 0) is 12.1 Å². The molecule has 1 rings (SSSR count). The lowest BCUT2D eigenvalue weighted by molar-refractivity contribution is -0.160. The van der Waals surface area contributed by atoms with Gasteiger partial charge in [0.15, 0.2) is 11.6 Å². The maximum absolute atomic E-state index is 13.0. The van der Waals surface area contributed by atoms with Crippen molar-refractivity contribution in [2.75, 3.05) is 0 Å². The minimum atomic E-state index is -3.63. The number of hydrogen-bond acceptors (Lipinski definition) is 2. The van der Waals surface area contributed by atoms with Crippen LogP contribution in [0.4, 0.5) is 13.2 Å². The van der Waals surface area contributed by atoms with Crippen LogP contribution in [0.5, 0.6) is 5.75 Å². The molecule has 0 amide bonds. The van der Waals surface area contributed by atoms with Gasteiger partial charge in [-0.15, -0.1) is 0 Å². The van der Waals surface area contributed by atoms with Crippen LogP contribution in [0, 0.1) is 5.82 Å². The van der Waals surface area contributed by atoms with E-state index in [-0.39, 0.29) is 0 Å². The van der Waals surface area contributed by atoms with Gasteiger partial charge in [0.1, 0.15) is 5.56 Å². The number of alkyl halides is 2. The molecule has 0 aromatic heterocycles. The molecule has 1 aromatic rings. The van der Waals surface area contributed by atoms with Crippen molar-refractivity contribution in [3.05, 3.63) is 29.6 Å². The van der Waals surface area contributed by atoms with Crippen LogP contribution in [-0.2, 0) is 0 Å². The first kappa shape index (κ1) is 11.4. The minimum absolute atomic E-state index is 0.394. The summed E-state index contributed by atoms with van der Waals surface area (Å²) in [6.07, 6.45) is -3.63. The minimum Gasteiger partial charge on any atom is -0.478 e. The number of ether oxygens (including phenoxy) is 1. The van der Waals surface area contributed by atoms with Gasteiger partial charge in [-0.25, -0.2) is 9.18 Å². The smallest absolute Gasteiger partial charge is 0.395 e. The lowest BCUT2D eigenvalue weighted by Crippen LogP contribution is -2.21. The van der Waals surface area contributed by atoms with E-state index >= 15 is 0 Å². The molecule has 15 heavy (non-hydrogen) atoms. The average Bonchev–Trinajstić information content (AvgIpc) is 2.05. The van der Waals surface area contributed by atoms with Crippen molar-refractivity contribution in [3.63, 3.8) is 0 Å². The van der Waals surface area contributed by atoms with Gasteiger partial charge in [-0.3, -0.25) is 0 Å². The van der Waals surface area contributed by atoms with Crippen molar-refractivity contribution >= 4 is 5.97 Å². The van der Waals surface area contributed by atoms with Crippen LogP contribution >= 0.6 is 0 Å². The van der Waals surface area contributed by atoms with Crippen LogP contribution in [0.25, 0.3) is 0 Å². The Morgan fingerprint density at radius 3 is 2.53 bits per heavy atom. The monoisotopic (exact) mass is 220 g/mol. The molecule has 0 fully saturated rings. The predicted molar refractivity (Wildman–Crippen MR) is 44.6 cm³/mol. The molecule has 0 saturated heterocycles. The summed E-state index contributed by atoms with van der Waals surface area (Å²) in [6, 6.07) is 2.92. The van der Waals surface area contributed by atoms with Gasteiger partial charge in [-0.2, -0.15) is 8.78 Å². The number of halogens is 3. The number of carboxylic acids is 1. The van der Waals surface area contributed by atoms with Gasteiger partial charge in [0, 0.05) is 6.92 Å². The Labute approximate surface area is 83.1 Å². The third-order valence-corrected chi connectivity index (χ3v) is 1.48. The molecular formula is C9H7F3O3. The largest absolute Gasteiger partial charge is 0.478 e. The molecule has 0 atom stereocenters. The molecule has 0 spiro atoms. The standard InChI is InChI=1S/C9H7F3O3/c1-9(11,12)15-7-5(8(13)14)3-2-4-6(7)10/h2-4H,1H3,(H,13,14). The van der Waals surface area contributed by atoms with Gasteiger partial charge < -0.3 is 9.84 Å². The Morgan fingerprint density at radius 1 is 1.47 bits per heavy atom. The van der Waals surface area contributed by atoms with E-state index in [2.05, 4.69) is 4.74 Å². The highest BCUT2D eigenvalue weighted by Gasteiger charge is 2.28. The summed E-state index contributed by atoms with van der Waals surface area (Å²) >= 11 is 0. The van der Waals surface area contributed by atoms with Crippen molar-refractivity contribution in [3.8, 4) is 5.75 Å². The molecule has 6 heteroatoms. The summed E-state index contributed by atoms with van der Waals surface area (Å²) in [5.41, 5.74) is -0.642. The molecular weight excluding hydrogens is 213 g/mol. The van der Waals surface area contributed by atoms with Crippen LogP contribution < -0.4 is 4.74 Å². The van der Waals surface area contributed by atoms with E-state index in [1.165, 1.54) is 0 Å². The molecule has 0 aliphatic heterocycles. The lowest BCUT2D eigenvalue weighted by atomic mass is 10.2. The highest BCUT2D eigenvalue weighted by Crippen LogP contribution is 2.28. The summed E-state index contributed by atoms with van der Waals surface area (Å²) in [6.45, 7) is 0.394. The third-order valence-electron chi connectivity index (χ3n) is 1.48. The Hall–Kier alpha value is -1.72.